The maximum absolute atomic E-state index is 9.41. The Balaban J connectivity index is 3.02. The lowest BCUT2D eigenvalue weighted by Crippen LogP contribution is -2.11. The lowest BCUT2D eigenvalue weighted by molar-refractivity contribution is 0.0775. The number of hydrogen-bond acceptors (Lipinski definition) is 4. The smallest absolute Gasteiger partial charge is 0.102 e. The highest BCUT2D eigenvalue weighted by atomic mass is 16.3. The summed E-state index contributed by atoms with van der Waals surface area (Å²) in [5.74, 6) is 0. The quantitative estimate of drug-likeness (QED) is 0.537. The minimum Gasteiger partial charge on any atom is -0.393 e. The second kappa shape index (κ2) is 5.07. The van der Waals surface area contributed by atoms with Gasteiger partial charge in [0.05, 0.1) is 13.2 Å². The second-order valence-electron chi connectivity index (χ2n) is 3.03. The van der Waals surface area contributed by atoms with Gasteiger partial charge < -0.3 is 20.4 Å². The average Bonchev–Trinajstić information content (AvgIpc) is 2.27. The molecule has 2 atom stereocenters. The third-order valence-corrected chi connectivity index (χ3v) is 2.06. The van der Waals surface area contributed by atoms with E-state index in [0.29, 0.717) is 11.1 Å². The zero-order chi connectivity index (χ0) is 10.6. The molecule has 0 fully saturated rings. The molecule has 1 rings (SSSR count). The van der Waals surface area contributed by atoms with Gasteiger partial charge >= 0.3 is 0 Å². The summed E-state index contributed by atoms with van der Waals surface area (Å²) < 4.78 is 0. The molecule has 0 aromatic heterocycles. The first kappa shape index (κ1) is 11.1. The Hall–Kier alpha value is -0.940. The van der Waals surface area contributed by atoms with E-state index in [1.165, 1.54) is 0 Å². The van der Waals surface area contributed by atoms with Crippen LogP contribution in [0.25, 0.3) is 0 Å². The molecule has 1 aromatic carbocycles. The van der Waals surface area contributed by atoms with Crippen LogP contribution in [0.4, 0.5) is 0 Å². The molecule has 0 saturated heterocycles. The van der Waals surface area contributed by atoms with Gasteiger partial charge in [-0.05, 0) is 11.1 Å². The van der Waals surface area contributed by atoms with Crippen molar-refractivity contribution in [2.75, 3.05) is 13.2 Å². The van der Waals surface area contributed by atoms with Gasteiger partial charge in [-0.1, -0.05) is 24.3 Å². The SMILES string of the molecule is OCC(O)c1ccccc1C(O)CO. The maximum Gasteiger partial charge on any atom is 0.102 e. The fraction of sp³-hybridized carbons (Fsp3) is 0.400. The van der Waals surface area contributed by atoms with Crippen LogP contribution in [-0.2, 0) is 0 Å². The van der Waals surface area contributed by atoms with Crippen LogP contribution in [0.3, 0.4) is 0 Å². The molecule has 78 valence electrons. The number of rotatable bonds is 4. The number of aliphatic hydroxyl groups excluding tert-OH is 4. The van der Waals surface area contributed by atoms with Crippen molar-refractivity contribution in [2.24, 2.45) is 0 Å². The molecule has 0 spiro atoms. The van der Waals surface area contributed by atoms with Gasteiger partial charge in [0.25, 0.3) is 0 Å². The van der Waals surface area contributed by atoms with E-state index in [1.54, 1.807) is 24.3 Å². The molecule has 0 amide bonds. The predicted molar refractivity (Wildman–Crippen MR) is 50.5 cm³/mol. The minimum absolute atomic E-state index is 0.408. The fourth-order valence-corrected chi connectivity index (χ4v) is 1.31. The number of hydrogen-bond donors (Lipinski definition) is 4. The lowest BCUT2D eigenvalue weighted by atomic mass is 9.99. The van der Waals surface area contributed by atoms with Crippen LogP contribution in [0.15, 0.2) is 24.3 Å². The van der Waals surface area contributed by atoms with Crippen LogP contribution in [0.1, 0.15) is 23.3 Å². The van der Waals surface area contributed by atoms with Crippen molar-refractivity contribution < 1.29 is 20.4 Å². The second-order valence-corrected chi connectivity index (χ2v) is 3.03. The molecule has 4 heteroatoms. The van der Waals surface area contributed by atoms with E-state index in [1.807, 2.05) is 0 Å². The summed E-state index contributed by atoms with van der Waals surface area (Å²) >= 11 is 0. The van der Waals surface area contributed by atoms with Crippen LogP contribution >= 0.6 is 0 Å². The topological polar surface area (TPSA) is 80.9 Å². The summed E-state index contributed by atoms with van der Waals surface area (Å²) in [4.78, 5) is 0. The predicted octanol–water partition coefficient (Wildman–Crippen LogP) is -0.262. The van der Waals surface area contributed by atoms with Crippen LogP contribution in [0.5, 0.6) is 0 Å². The standard InChI is InChI=1S/C10H14O4/c11-5-9(13)7-3-1-2-4-8(7)10(14)6-12/h1-4,9-14H,5-6H2. The number of benzene rings is 1. The number of aliphatic hydroxyl groups is 4. The van der Waals surface area contributed by atoms with Crippen LogP contribution in [0.2, 0.25) is 0 Å². The van der Waals surface area contributed by atoms with Gasteiger partial charge in [-0.15, -0.1) is 0 Å². The Morgan fingerprint density at radius 1 is 0.857 bits per heavy atom. The molecule has 0 heterocycles. The zero-order valence-electron chi connectivity index (χ0n) is 7.67. The molecule has 0 aliphatic carbocycles. The molecule has 0 radical (unpaired) electrons. The summed E-state index contributed by atoms with van der Waals surface area (Å²) in [6.07, 6.45) is -2.04. The van der Waals surface area contributed by atoms with E-state index in [4.69, 9.17) is 10.2 Å². The lowest BCUT2D eigenvalue weighted by Gasteiger charge is -2.16. The van der Waals surface area contributed by atoms with E-state index >= 15 is 0 Å². The van der Waals surface area contributed by atoms with Crippen molar-refractivity contribution in [3.05, 3.63) is 35.4 Å². The van der Waals surface area contributed by atoms with Gasteiger partial charge in [-0.25, -0.2) is 0 Å². The molecule has 4 nitrogen and oxygen atoms in total. The van der Waals surface area contributed by atoms with Crippen molar-refractivity contribution in [1.29, 1.82) is 0 Å². The summed E-state index contributed by atoms with van der Waals surface area (Å²) in [5, 5.41) is 36.4. The van der Waals surface area contributed by atoms with Crippen molar-refractivity contribution in [2.45, 2.75) is 12.2 Å². The first-order chi connectivity index (χ1) is 6.70. The normalized spacial score (nSPS) is 15.1. The molecule has 14 heavy (non-hydrogen) atoms. The van der Waals surface area contributed by atoms with Crippen LogP contribution in [0, 0.1) is 0 Å². The minimum atomic E-state index is -1.02. The molecule has 4 N–H and O–H groups in total. The first-order valence-corrected chi connectivity index (χ1v) is 4.37. The van der Waals surface area contributed by atoms with Crippen LogP contribution < -0.4 is 0 Å². The van der Waals surface area contributed by atoms with E-state index in [0.717, 1.165) is 0 Å². The molecule has 0 bridgehead atoms. The monoisotopic (exact) mass is 198 g/mol. The van der Waals surface area contributed by atoms with E-state index in [9.17, 15) is 10.2 Å². The zero-order valence-corrected chi connectivity index (χ0v) is 7.67. The molecular formula is C10H14O4. The van der Waals surface area contributed by atoms with E-state index in [2.05, 4.69) is 0 Å². The van der Waals surface area contributed by atoms with Crippen LogP contribution in [-0.4, -0.2) is 33.6 Å². The van der Waals surface area contributed by atoms with Crippen molar-refractivity contribution in [3.8, 4) is 0 Å². The fourth-order valence-electron chi connectivity index (χ4n) is 1.31. The van der Waals surface area contributed by atoms with Gasteiger partial charge in [0, 0.05) is 0 Å². The van der Waals surface area contributed by atoms with Gasteiger partial charge in [0.1, 0.15) is 12.2 Å². The van der Waals surface area contributed by atoms with Gasteiger partial charge in [0.2, 0.25) is 0 Å². The van der Waals surface area contributed by atoms with Crippen molar-refractivity contribution >= 4 is 0 Å². The molecule has 2 unspecified atom stereocenters. The third kappa shape index (κ3) is 2.30. The van der Waals surface area contributed by atoms with Gasteiger partial charge in [-0.3, -0.25) is 0 Å². The molecule has 0 saturated carbocycles. The molecule has 0 aliphatic heterocycles. The van der Waals surface area contributed by atoms with Crippen molar-refractivity contribution in [3.63, 3.8) is 0 Å². The van der Waals surface area contributed by atoms with Gasteiger partial charge in [-0.2, -0.15) is 0 Å². The van der Waals surface area contributed by atoms with Crippen molar-refractivity contribution in [1.82, 2.24) is 0 Å². The van der Waals surface area contributed by atoms with Gasteiger partial charge in [0.15, 0.2) is 0 Å². The summed E-state index contributed by atoms with van der Waals surface area (Å²) in [7, 11) is 0. The summed E-state index contributed by atoms with van der Waals surface area (Å²) in [5.41, 5.74) is 0.883. The highest BCUT2D eigenvalue weighted by Gasteiger charge is 2.15. The largest absolute Gasteiger partial charge is 0.393 e. The van der Waals surface area contributed by atoms with E-state index < -0.39 is 25.4 Å². The highest BCUT2D eigenvalue weighted by molar-refractivity contribution is 5.31. The Kier molecular flexibility index (Phi) is 4.03. The third-order valence-electron chi connectivity index (χ3n) is 2.06. The molecule has 1 aromatic rings. The summed E-state index contributed by atoms with van der Waals surface area (Å²) in [6, 6.07) is 6.60. The Bertz CT molecular complexity index is 258. The maximum atomic E-state index is 9.41. The highest BCUT2D eigenvalue weighted by Crippen LogP contribution is 2.23. The Morgan fingerprint density at radius 2 is 1.21 bits per heavy atom. The average molecular weight is 198 g/mol. The Morgan fingerprint density at radius 3 is 1.50 bits per heavy atom. The Labute approximate surface area is 82.1 Å². The van der Waals surface area contributed by atoms with E-state index in [-0.39, 0.29) is 0 Å². The molecule has 0 aliphatic rings. The molecular weight excluding hydrogens is 184 g/mol. The summed E-state index contributed by atoms with van der Waals surface area (Å²) in [6.45, 7) is -0.815. The first-order valence-electron chi connectivity index (χ1n) is 4.37.